The van der Waals surface area contributed by atoms with Gasteiger partial charge >= 0.3 is 0 Å². The summed E-state index contributed by atoms with van der Waals surface area (Å²) in [5.41, 5.74) is 0. The molecular weight excluding hydrogens is 256 g/mol. The van der Waals surface area contributed by atoms with Gasteiger partial charge in [-0.3, -0.25) is 4.90 Å². The maximum Gasteiger partial charge on any atom is 0.240 e. The van der Waals surface area contributed by atoms with E-state index in [-0.39, 0.29) is 0 Å². The smallest absolute Gasteiger partial charge is 0.240 e. The van der Waals surface area contributed by atoms with Crippen molar-refractivity contribution in [3.05, 3.63) is 11.7 Å². The average molecular weight is 280 g/mol. The number of ether oxygens (including phenoxy) is 1. The number of aromatic nitrogens is 2. The number of piperidine rings is 1. The lowest BCUT2D eigenvalue weighted by Crippen LogP contribution is -2.41. The number of nitrogens with zero attached hydrogens (tertiary/aromatic N) is 4. The third-order valence-corrected chi connectivity index (χ3v) is 4.47. The van der Waals surface area contributed by atoms with Gasteiger partial charge in [0.1, 0.15) is 0 Å². The first-order chi connectivity index (χ1) is 9.72. The van der Waals surface area contributed by atoms with Gasteiger partial charge in [-0.05, 0) is 46.4 Å². The highest BCUT2D eigenvalue weighted by Gasteiger charge is 2.25. The second kappa shape index (κ2) is 6.20. The molecule has 0 N–H and O–H groups in total. The van der Waals surface area contributed by atoms with Gasteiger partial charge in [0.25, 0.3) is 0 Å². The van der Waals surface area contributed by atoms with Crippen LogP contribution in [0, 0.1) is 0 Å². The molecule has 0 amide bonds. The predicted octanol–water partition coefficient (Wildman–Crippen LogP) is 1.10. The van der Waals surface area contributed by atoms with E-state index >= 15 is 0 Å². The molecule has 112 valence electrons. The highest BCUT2D eigenvalue weighted by Crippen LogP contribution is 2.23. The first-order valence-corrected chi connectivity index (χ1v) is 7.51. The fourth-order valence-corrected chi connectivity index (χ4v) is 3.01. The van der Waals surface area contributed by atoms with Crippen molar-refractivity contribution >= 4 is 0 Å². The Bertz CT molecular complexity index is 423. The third-order valence-electron chi connectivity index (χ3n) is 4.47. The van der Waals surface area contributed by atoms with Gasteiger partial charge in [0.05, 0.1) is 13.2 Å². The summed E-state index contributed by atoms with van der Waals surface area (Å²) in [7, 11) is 4.34. The monoisotopic (exact) mass is 280 g/mol. The topological polar surface area (TPSA) is 54.6 Å². The van der Waals surface area contributed by atoms with Crippen LogP contribution in [0.25, 0.3) is 0 Å². The second-order valence-corrected chi connectivity index (χ2v) is 6.06. The molecule has 0 radical (unpaired) electrons. The number of rotatable bonds is 4. The minimum absolute atomic E-state index is 0.320. The molecule has 2 aliphatic rings. The Hall–Kier alpha value is -0.980. The van der Waals surface area contributed by atoms with Crippen LogP contribution in [-0.2, 0) is 11.3 Å². The van der Waals surface area contributed by atoms with E-state index in [0.29, 0.717) is 12.0 Å². The van der Waals surface area contributed by atoms with E-state index in [4.69, 9.17) is 9.26 Å². The molecule has 0 aliphatic carbocycles. The largest absolute Gasteiger partial charge is 0.381 e. The van der Waals surface area contributed by atoms with Gasteiger partial charge in [-0.1, -0.05) is 5.16 Å². The van der Waals surface area contributed by atoms with Crippen LogP contribution >= 0.6 is 0 Å². The van der Waals surface area contributed by atoms with E-state index in [9.17, 15) is 0 Å². The fourth-order valence-electron chi connectivity index (χ4n) is 3.01. The van der Waals surface area contributed by atoms with Crippen LogP contribution in [0.2, 0.25) is 0 Å². The molecule has 2 aliphatic heterocycles. The molecule has 3 rings (SSSR count). The molecule has 0 aromatic carbocycles. The molecular formula is C14H24N4O2. The lowest BCUT2D eigenvalue weighted by atomic mass is 10.0. The molecule has 1 atom stereocenters. The van der Waals surface area contributed by atoms with Crippen molar-refractivity contribution in [2.24, 2.45) is 0 Å². The van der Waals surface area contributed by atoms with Crippen LogP contribution in [0.5, 0.6) is 0 Å². The van der Waals surface area contributed by atoms with Gasteiger partial charge in [-0.25, -0.2) is 0 Å². The van der Waals surface area contributed by atoms with Crippen LogP contribution in [0.1, 0.15) is 36.9 Å². The molecule has 1 aromatic rings. The average Bonchev–Trinajstić information content (AvgIpc) is 3.09. The predicted molar refractivity (Wildman–Crippen MR) is 74.5 cm³/mol. The normalized spacial score (nSPS) is 25.6. The van der Waals surface area contributed by atoms with Gasteiger partial charge < -0.3 is 14.2 Å². The molecule has 6 nitrogen and oxygen atoms in total. The molecule has 3 heterocycles. The number of hydrogen-bond donors (Lipinski definition) is 0. The van der Waals surface area contributed by atoms with Crippen LogP contribution < -0.4 is 0 Å². The van der Waals surface area contributed by atoms with Crippen molar-refractivity contribution in [1.29, 1.82) is 0 Å². The van der Waals surface area contributed by atoms with Crippen LogP contribution in [0.15, 0.2) is 4.52 Å². The van der Waals surface area contributed by atoms with E-state index in [1.54, 1.807) is 0 Å². The summed E-state index contributed by atoms with van der Waals surface area (Å²) in [6, 6.07) is 0.622. The van der Waals surface area contributed by atoms with E-state index < -0.39 is 0 Å². The zero-order chi connectivity index (χ0) is 13.9. The lowest BCUT2D eigenvalue weighted by Gasteiger charge is -2.34. The Kier molecular flexibility index (Phi) is 4.33. The maximum absolute atomic E-state index is 5.39. The van der Waals surface area contributed by atoms with Crippen molar-refractivity contribution < 1.29 is 9.26 Å². The van der Waals surface area contributed by atoms with Crippen LogP contribution in [0.3, 0.4) is 0 Å². The molecule has 0 bridgehead atoms. The first-order valence-electron chi connectivity index (χ1n) is 7.51. The Labute approximate surface area is 120 Å². The van der Waals surface area contributed by atoms with Crippen molar-refractivity contribution in [2.45, 2.75) is 37.8 Å². The lowest BCUT2D eigenvalue weighted by molar-refractivity contribution is 0.128. The third kappa shape index (κ3) is 3.19. The maximum atomic E-state index is 5.39. The Morgan fingerprint density at radius 3 is 2.80 bits per heavy atom. The van der Waals surface area contributed by atoms with Gasteiger partial charge in [0.2, 0.25) is 5.89 Å². The molecule has 0 spiro atoms. The Morgan fingerprint density at radius 1 is 1.30 bits per heavy atom. The minimum atomic E-state index is 0.320. The van der Waals surface area contributed by atoms with E-state index in [0.717, 1.165) is 37.9 Å². The van der Waals surface area contributed by atoms with Crippen LogP contribution in [-0.4, -0.2) is 66.4 Å². The van der Waals surface area contributed by atoms with E-state index in [2.05, 4.69) is 34.0 Å². The molecule has 6 heteroatoms. The SMILES string of the molecule is CN1CCC(N(C)Cc2nc([C@H]3CCOC3)no2)CC1. The van der Waals surface area contributed by atoms with Crippen molar-refractivity contribution in [3.8, 4) is 0 Å². The summed E-state index contributed by atoms with van der Waals surface area (Å²) < 4.78 is 10.8. The number of likely N-dealkylation sites (tertiary alicyclic amines) is 1. The zero-order valence-corrected chi connectivity index (χ0v) is 12.4. The van der Waals surface area contributed by atoms with E-state index in [1.165, 1.54) is 25.9 Å². The first kappa shape index (κ1) is 14.0. The minimum Gasteiger partial charge on any atom is -0.381 e. The highest BCUT2D eigenvalue weighted by atomic mass is 16.5. The summed E-state index contributed by atoms with van der Waals surface area (Å²) in [6.45, 7) is 4.62. The van der Waals surface area contributed by atoms with Gasteiger partial charge in [-0.2, -0.15) is 4.98 Å². The second-order valence-electron chi connectivity index (χ2n) is 6.06. The van der Waals surface area contributed by atoms with Crippen molar-refractivity contribution in [2.75, 3.05) is 40.4 Å². The highest BCUT2D eigenvalue weighted by molar-refractivity contribution is 4.97. The zero-order valence-electron chi connectivity index (χ0n) is 12.4. The molecule has 20 heavy (non-hydrogen) atoms. The van der Waals surface area contributed by atoms with Gasteiger partial charge in [0.15, 0.2) is 5.82 Å². The quantitative estimate of drug-likeness (QED) is 0.823. The van der Waals surface area contributed by atoms with Crippen molar-refractivity contribution in [3.63, 3.8) is 0 Å². The Balaban J connectivity index is 1.54. The summed E-state index contributed by atoms with van der Waals surface area (Å²) in [5, 5.41) is 4.11. The van der Waals surface area contributed by atoms with Crippen molar-refractivity contribution in [1.82, 2.24) is 19.9 Å². The number of hydrogen-bond acceptors (Lipinski definition) is 6. The molecule has 0 unspecified atom stereocenters. The standard InChI is InChI=1S/C14H24N4O2/c1-17-6-3-12(4-7-17)18(2)9-13-15-14(16-20-13)11-5-8-19-10-11/h11-12H,3-10H2,1-2H3/t11-/m0/s1. The summed E-state index contributed by atoms with van der Waals surface area (Å²) in [5.74, 6) is 1.86. The fraction of sp³-hybridized carbons (Fsp3) is 0.857. The summed E-state index contributed by atoms with van der Waals surface area (Å²) >= 11 is 0. The van der Waals surface area contributed by atoms with Gasteiger partial charge in [-0.15, -0.1) is 0 Å². The summed E-state index contributed by atoms with van der Waals surface area (Å²) in [6.07, 6.45) is 3.43. The van der Waals surface area contributed by atoms with Crippen LogP contribution in [0.4, 0.5) is 0 Å². The summed E-state index contributed by atoms with van der Waals surface area (Å²) in [4.78, 5) is 9.26. The molecule has 2 saturated heterocycles. The molecule has 1 aromatic heterocycles. The Morgan fingerprint density at radius 2 is 2.10 bits per heavy atom. The van der Waals surface area contributed by atoms with Gasteiger partial charge in [0, 0.05) is 18.6 Å². The van der Waals surface area contributed by atoms with E-state index in [1.807, 2.05) is 0 Å². The molecule has 0 saturated carbocycles. The molecule has 2 fully saturated rings.